The summed E-state index contributed by atoms with van der Waals surface area (Å²) < 4.78 is 7.42. The maximum atomic E-state index is 13.6. The molecule has 0 aliphatic heterocycles. The summed E-state index contributed by atoms with van der Waals surface area (Å²) >= 11 is 1.23. The summed E-state index contributed by atoms with van der Waals surface area (Å²) in [5, 5.41) is 4.19. The van der Waals surface area contributed by atoms with Crippen LogP contribution in [0.3, 0.4) is 0 Å². The number of carbonyl (C=O) groups is 1. The van der Waals surface area contributed by atoms with E-state index >= 15 is 0 Å². The minimum Gasteiger partial charge on any atom is -0.448 e. The molecular weight excluding hydrogens is 446 g/mol. The summed E-state index contributed by atoms with van der Waals surface area (Å²) in [6, 6.07) is 20.9. The molecule has 0 radical (unpaired) electrons. The van der Waals surface area contributed by atoms with Gasteiger partial charge in [0.05, 0.1) is 11.4 Å². The SMILES string of the molecule is Cc1ccccc1-n1c(SCC(=O)Nc2cccc(C)c2C)nc2c(oc3ccccc32)c1=O. The molecule has 0 unspecified atom stereocenters. The van der Waals surface area contributed by atoms with Crippen molar-refractivity contribution >= 4 is 45.4 Å². The summed E-state index contributed by atoms with van der Waals surface area (Å²) in [5.41, 5.74) is 5.56. The Morgan fingerprint density at radius 2 is 1.71 bits per heavy atom. The lowest BCUT2D eigenvalue weighted by atomic mass is 10.1. The van der Waals surface area contributed by atoms with E-state index in [1.54, 1.807) is 0 Å². The Balaban J connectivity index is 1.57. The van der Waals surface area contributed by atoms with Gasteiger partial charge in [-0.3, -0.25) is 14.2 Å². The van der Waals surface area contributed by atoms with Crippen LogP contribution in [0.1, 0.15) is 16.7 Å². The largest absolute Gasteiger partial charge is 0.448 e. The normalized spacial score (nSPS) is 11.3. The van der Waals surface area contributed by atoms with Crippen molar-refractivity contribution in [1.29, 1.82) is 0 Å². The molecular formula is C27H23N3O3S. The third-order valence-corrected chi connectivity index (χ3v) is 6.87. The van der Waals surface area contributed by atoms with Crippen LogP contribution >= 0.6 is 11.8 Å². The van der Waals surface area contributed by atoms with E-state index in [1.807, 2.05) is 87.5 Å². The molecule has 5 aromatic rings. The summed E-state index contributed by atoms with van der Waals surface area (Å²) in [6.45, 7) is 5.93. The quantitative estimate of drug-likeness (QED) is 0.260. The molecule has 0 atom stereocenters. The van der Waals surface area contributed by atoms with Gasteiger partial charge >= 0.3 is 5.56 Å². The molecule has 7 heteroatoms. The summed E-state index contributed by atoms with van der Waals surface area (Å²) in [7, 11) is 0. The van der Waals surface area contributed by atoms with Crippen LogP contribution in [0.5, 0.6) is 0 Å². The molecule has 0 saturated heterocycles. The molecule has 170 valence electrons. The Morgan fingerprint density at radius 1 is 0.971 bits per heavy atom. The van der Waals surface area contributed by atoms with Crippen LogP contribution in [0.25, 0.3) is 27.8 Å². The number of hydrogen-bond donors (Lipinski definition) is 1. The molecule has 5 rings (SSSR count). The fourth-order valence-electron chi connectivity index (χ4n) is 3.95. The maximum absolute atomic E-state index is 13.6. The fourth-order valence-corrected chi connectivity index (χ4v) is 4.75. The number of benzene rings is 3. The number of nitrogens with zero attached hydrogens (tertiary/aromatic N) is 2. The Morgan fingerprint density at radius 3 is 2.53 bits per heavy atom. The Hall–Kier alpha value is -3.84. The lowest BCUT2D eigenvalue weighted by molar-refractivity contribution is -0.113. The van der Waals surface area contributed by atoms with Crippen LogP contribution in [-0.4, -0.2) is 21.2 Å². The number of carbonyl (C=O) groups excluding carboxylic acids is 1. The van der Waals surface area contributed by atoms with Crippen molar-refractivity contribution in [1.82, 2.24) is 9.55 Å². The number of para-hydroxylation sites is 2. The number of fused-ring (bicyclic) bond motifs is 3. The van der Waals surface area contributed by atoms with Crippen LogP contribution in [-0.2, 0) is 4.79 Å². The minimum atomic E-state index is -0.298. The van der Waals surface area contributed by atoms with Gasteiger partial charge < -0.3 is 9.73 Å². The first-order valence-electron chi connectivity index (χ1n) is 10.9. The third-order valence-electron chi connectivity index (χ3n) is 5.93. The van der Waals surface area contributed by atoms with Gasteiger partial charge in [-0.1, -0.05) is 54.2 Å². The highest BCUT2D eigenvalue weighted by Crippen LogP contribution is 2.29. The van der Waals surface area contributed by atoms with Gasteiger partial charge in [0.2, 0.25) is 11.5 Å². The zero-order valence-electron chi connectivity index (χ0n) is 19.1. The molecule has 2 aromatic heterocycles. The zero-order chi connectivity index (χ0) is 23.8. The van der Waals surface area contributed by atoms with Crippen molar-refractivity contribution in [3.63, 3.8) is 0 Å². The van der Waals surface area contributed by atoms with Gasteiger partial charge in [0.15, 0.2) is 5.16 Å². The summed E-state index contributed by atoms with van der Waals surface area (Å²) in [4.78, 5) is 31.2. The van der Waals surface area contributed by atoms with Crippen LogP contribution in [0.2, 0.25) is 0 Å². The molecule has 34 heavy (non-hydrogen) atoms. The second kappa shape index (κ2) is 8.83. The van der Waals surface area contributed by atoms with E-state index in [-0.39, 0.29) is 22.8 Å². The van der Waals surface area contributed by atoms with Crippen LogP contribution in [0.15, 0.2) is 81.1 Å². The molecule has 0 aliphatic carbocycles. The number of aromatic nitrogens is 2. The van der Waals surface area contributed by atoms with Crippen LogP contribution in [0.4, 0.5) is 5.69 Å². The zero-order valence-corrected chi connectivity index (χ0v) is 19.9. The topological polar surface area (TPSA) is 77.1 Å². The third kappa shape index (κ3) is 3.88. The van der Waals surface area contributed by atoms with E-state index in [9.17, 15) is 9.59 Å². The van der Waals surface area contributed by atoms with E-state index in [4.69, 9.17) is 9.40 Å². The summed E-state index contributed by atoms with van der Waals surface area (Å²) in [5.74, 6) is -0.0612. The number of furan rings is 1. The van der Waals surface area contributed by atoms with Gasteiger partial charge in [-0.05, 0) is 61.7 Å². The fraction of sp³-hybridized carbons (Fsp3) is 0.148. The second-order valence-corrected chi connectivity index (χ2v) is 9.12. The number of nitrogens with one attached hydrogen (secondary N) is 1. The average Bonchev–Trinajstić information content (AvgIpc) is 3.21. The van der Waals surface area contributed by atoms with Crippen molar-refractivity contribution in [2.75, 3.05) is 11.1 Å². The highest BCUT2D eigenvalue weighted by molar-refractivity contribution is 7.99. The number of amides is 1. The number of thioether (sulfide) groups is 1. The van der Waals surface area contributed by atoms with Crippen molar-refractivity contribution in [3.8, 4) is 5.69 Å². The van der Waals surface area contributed by atoms with E-state index in [2.05, 4.69) is 5.32 Å². The first-order valence-corrected chi connectivity index (χ1v) is 11.9. The van der Waals surface area contributed by atoms with Gasteiger partial charge in [-0.15, -0.1) is 0 Å². The first-order chi connectivity index (χ1) is 16.4. The lowest BCUT2D eigenvalue weighted by Crippen LogP contribution is -2.23. The monoisotopic (exact) mass is 469 g/mol. The van der Waals surface area contributed by atoms with Crippen molar-refractivity contribution in [2.24, 2.45) is 0 Å². The number of hydrogen-bond acceptors (Lipinski definition) is 5. The van der Waals surface area contributed by atoms with Gasteiger partial charge in [-0.2, -0.15) is 0 Å². The maximum Gasteiger partial charge on any atom is 0.302 e. The Bertz CT molecular complexity index is 1620. The Labute approximate surface area is 200 Å². The first kappa shape index (κ1) is 22.0. The molecule has 0 aliphatic rings. The van der Waals surface area contributed by atoms with Crippen molar-refractivity contribution in [2.45, 2.75) is 25.9 Å². The van der Waals surface area contributed by atoms with Gasteiger partial charge in [0.25, 0.3) is 0 Å². The molecule has 3 aromatic carbocycles. The van der Waals surface area contributed by atoms with Gasteiger partial charge in [0.1, 0.15) is 11.1 Å². The van der Waals surface area contributed by atoms with Crippen LogP contribution < -0.4 is 10.9 Å². The van der Waals surface area contributed by atoms with E-state index in [0.717, 1.165) is 27.8 Å². The number of rotatable bonds is 5. The van der Waals surface area contributed by atoms with Crippen molar-refractivity contribution < 1.29 is 9.21 Å². The second-order valence-electron chi connectivity index (χ2n) is 8.18. The lowest BCUT2D eigenvalue weighted by Gasteiger charge is -2.14. The summed E-state index contributed by atoms with van der Waals surface area (Å²) in [6.07, 6.45) is 0. The van der Waals surface area contributed by atoms with Crippen LogP contribution in [0, 0.1) is 20.8 Å². The highest BCUT2D eigenvalue weighted by Gasteiger charge is 2.20. The molecule has 1 amide bonds. The smallest absolute Gasteiger partial charge is 0.302 e. The molecule has 0 saturated carbocycles. The van der Waals surface area contributed by atoms with Gasteiger partial charge in [-0.25, -0.2) is 4.98 Å². The molecule has 0 spiro atoms. The minimum absolute atomic E-state index is 0.104. The Kier molecular flexibility index (Phi) is 5.71. The number of aryl methyl sites for hydroxylation is 2. The predicted molar refractivity (Wildman–Crippen MR) is 137 cm³/mol. The van der Waals surface area contributed by atoms with Gasteiger partial charge in [0, 0.05) is 11.1 Å². The predicted octanol–water partition coefficient (Wildman–Crippen LogP) is 5.79. The standard InChI is InChI=1S/C27H23N3O3S/c1-16-10-8-12-20(18(16)3)28-23(31)15-34-27-29-24-19-11-5-7-14-22(19)33-25(24)26(32)30(27)21-13-6-4-9-17(21)2/h4-14H,15H2,1-3H3,(H,28,31). The molecule has 6 nitrogen and oxygen atoms in total. The van der Waals surface area contributed by atoms with E-state index in [1.165, 1.54) is 16.3 Å². The molecule has 0 bridgehead atoms. The average molecular weight is 470 g/mol. The van der Waals surface area contributed by atoms with E-state index in [0.29, 0.717) is 21.9 Å². The molecule has 2 heterocycles. The van der Waals surface area contributed by atoms with Crippen molar-refractivity contribution in [3.05, 3.63) is 93.8 Å². The molecule has 0 fully saturated rings. The highest BCUT2D eigenvalue weighted by atomic mass is 32.2. The number of anilines is 1. The molecule has 1 N–H and O–H groups in total. The van der Waals surface area contributed by atoms with E-state index < -0.39 is 0 Å².